The van der Waals surface area contributed by atoms with Crippen molar-refractivity contribution in [1.82, 2.24) is 4.57 Å². The van der Waals surface area contributed by atoms with Crippen LogP contribution in [-0.2, 0) is 7.05 Å². The zero-order valence-corrected chi connectivity index (χ0v) is 19.1. The highest BCUT2D eigenvalue weighted by atomic mass is 19.1. The molecule has 0 unspecified atom stereocenters. The van der Waals surface area contributed by atoms with Gasteiger partial charge in [-0.05, 0) is 54.1 Å². The third kappa shape index (κ3) is 3.94. The Balaban J connectivity index is 1.99. The first-order valence-electron chi connectivity index (χ1n) is 10.4. The Morgan fingerprint density at radius 2 is 1.53 bits per heavy atom. The van der Waals surface area contributed by atoms with E-state index in [1.165, 1.54) is 45.6 Å². The van der Waals surface area contributed by atoms with Crippen molar-refractivity contribution in [2.24, 2.45) is 7.05 Å². The van der Waals surface area contributed by atoms with Crippen molar-refractivity contribution in [3.63, 3.8) is 0 Å². The third-order valence-corrected chi connectivity index (χ3v) is 5.60. The van der Waals surface area contributed by atoms with Gasteiger partial charge in [-0.3, -0.25) is 9.59 Å². The van der Waals surface area contributed by atoms with E-state index in [1.54, 1.807) is 41.9 Å². The number of nitrogens with zero attached hydrogens (tertiary/aromatic N) is 1. The van der Waals surface area contributed by atoms with Gasteiger partial charge in [0.15, 0.2) is 16.9 Å². The van der Waals surface area contributed by atoms with Crippen molar-refractivity contribution in [3.05, 3.63) is 82.3 Å². The van der Waals surface area contributed by atoms with Crippen LogP contribution in [0, 0.1) is 5.82 Å². The summed E-state index contributed by atoms with van der Waals surface area (Å²) in [7, 11) is 6.21. The second kappa shape index (κ2) is 9.27. The molecule has 0 saturated carbocycles. The van der Waals surface area contributed by atoms with Crippen LogP contribution in [0.5, 0.6) is 17.2 Å². The van der Waals surface area contributed by atoms with Gasteiger partial charge < -0.3 is 24.1 Å². The van der Waals surface area contributed by atoms with Crippen LogP contribution in [0.25, 0.3) is 22.0 Å². The standard InChI is InChI=1S/C26H23FN2O5/c1-29-19-8-6-5-7-18(19)23(30)22(16-13-20(32-2)24(34-4)21(14-16)33-3)25(29)28-26(31)15-9-11-17(27)12-10-15/h5-14H,1-4H3,(H,28,31). The van der Waals surface area contributed by atoms with Crippen molar-refractivity contribution in [1.29, 1.82) is 0 Å². The van der Waals surface area contributed by atoms with E-state index < -0.39 is 11.7 Å². The Bertz CT molecular complexity index is 1420. The maximum atomic E-state index is 13.7. The first kappa shape index (κ1) is 22.8. The second-order valence-electron chi connectivity index (χ2n) is 7.50. The van der Waals surface area contributed by atoms with Crippen LogP contribution < -0.4 is 25.0 Å². The van der Waals surface area contributed by atoms with Gasteiger partial charge in [-0.25, -0.2) is 4.39 Å². The monoisotopic (exact) mass is 462 g/mol. The number of amides is 1. The summed E-state index contributed by atoms with van der Waals surface area (Å²) in [6.45, 7) is 0. The van der Waals surface area contributed by atoms with E-state index in [2.05, 4.69) is 5.32 Å². The molecule has 34 heavy (non-hydrogen) atoms. The molecule has 1 heterocycles. The average Bonchev–Trinajstić information content (AvgIpc) is 2.86. The van der Waals surface area contributed by atoms with Gasteiger partial charge in [-0.2, -0.15) is 0 Å². The quantitative estimate of drug-likeness (QED) is 0.452. The van der Waals surface area contributed by atoms with E-state index in [9.17, 15) is 14.0 Å². The molecular formula is C26H23FN2O5. The summed E-state index contributed by atoms with van der Waals surface area (Å²) in [6.07, 6.45) is 0. The number of hydrogen-bond acceptors (Lipinski definition) is 5. The molecule has 0 spiro atoms. The maximum Gasteiger partial charge on any atom is 0.256 e. The number of hydrogen-bond donors (Lipinski definition) is 1. The lowest BCUT2D eigenvalue weighted by molar-refractivity contribution is 0.102. The molecule has 0 radical (unpaired) electrons. The summed E-state index contributed by atoms with van der Waals surface area (Å²) in [5, 5.41) is 3.32. The van der Waals surface area contributed by atoms with Gasteiger partial charge >= 0.3 is 0 Å². The number of methoxy groups -OCH3 is 3. The minimum Gasteiger partial charge on any atom is -0.493 e. The fraction of sp³-hybridized carbons (Fsp3) is 0.154. The van der Waals surface area contributed by atoms with Crippen LogP contribution in [0.3, 0.4) is 0 Å². The highest BCUT2D eigenvalue weighted by molar-refractivity contribution is 6.07. The summed E-state index contributed by atoms with van der Waals surface area (Å²) < 4.78 is 31.4. The zero-order valence-electron chi connectivity index (χ0n) is 19.1. The number of nitrogens with one attached hydrogen (secondary N) is 1. The SMILES string of the molecule is COc1cc(-c2c(NC(=O)c3ccc(F)cc3)n(C)c3ccccc3c2=O)cc(OC)c1OC. The normalized spacial score (nSPS) is 10.7. The second-order valence-corrected chi connectivity index (χ2v) is 7.50. The molecule has 7 nitrogen and oxygen atoms in total. The van der Waals surface area contributed by atoms with E-state index in [0.29, 0.717) is 33.7 Å². The van der Waals surface area contributed by atoms with Gasteiger partial charge in [-0.15, -0.1) is 0 Å². The molecule has 4 rings (SSSR count). The van der Waals surface area contributed by atoms with Gasteiger partial charge in [0.05, 0.1) is 32.4 Å². The first-order chi connectivity index (χ1) is 16.4. The molecule has 0 aliphatic heterocycles. The predicted octanol–water partition coefficient (Wildman–Crippen LogP) is 4.62. The number of rotatable bonds is 6. The van der Waals surface area contributed by atoms with Gasteiger partial charge in [0.1, 0.15) is 11.6 Å². The van der Waals surface area contributed by atoms with Crippen molar-refractivity contribution in [3.8, 4) is 28.4 Å². The van der Waals surface area contributed by atoms with Gasteiger partial charge in [0, 0.05) is 18.0 Å². The number of carbonyl (C=O) groups is 1. The summed E-state index contributed by atoms with van der Waals surface area (Å²) in [5.74, 6) is 0.438. The maximum absolute atomic E-state index is 13.7. The molecule has 8 heteroatoms. The van der Waals surface area contributed by atoms with Crippen LogP contribution in [0.2, 0.25) is 0 Å². The molecule has 1 aromatic heterocycles. The van der Waals surface area contributed by atoms with Crippen molar-refractivity contribution < 1.29 is 23.4 Å². The van der Waals surface area contributed by atoms with Gasteiger partial charge in [0.2, 0.25) is 5.75 Å². The minimum atomic E-state index is -0.487. The molecule has 4 aromatic rings. The van der Waals surface area contributed by atoms with Crippen molar-refractivity contribution in [2.45, 2.75) is 0 Å². The minimum absolute atomic E-state index is 0.246. The molecule has 0 saturated heterocycles. The molecule has 3 aromatic carbocycles. The largest absolute Gasteiger partial charge is 0.493 e. The Morgan fingerprint density at radius 3 is 2.12 bits per heavy atom. The van der Waals surface area contributed by atoms with E-state index in [0.717, 1.165) is 0 Å². The number of aryl methyl sites for hydroxylation is 1. The molecule has 1 amide bonds. The van der Waals surface area contributed by atoms with E-state index >= 15 is 0 Å². The first-order valence-corrected chi connectivity index (χ1v) is 10.4. The molecule has 0 fully saturated rings. The van der Waals surface area contributed by atoms with Crippen LogP contribution in [0.15, 0.2) is 65.5 Å². The van der Waals surface area contributed by atoms with Gasteiger partial charge in [-0.1, -0.05) is 12.1 Å². The summed E-state index contributed by atoms with van der Waals surface area (Å²) in [6, 6.07) is 15.6. The Morgan fingerprint density at radius 1 is 0.912 bits per heavy atom. The predicted molar refractivity (Wildman–Crippen MR) is 129 cm³/mol. The molecular weight excluding hydrogens is 439 g/mol. The number of aromatic nitrogens is 1. The molecule has 1 N–H and O–H groups in total. The summed E-state index contributed by atoms with van der Waals surface area (Å²) in [4.78, 5) is 26.7. The lowest BCUT2D eigenvalue weighted by Gasteiger charge is -2.20. The molecule has 0 atom stereocenters. The van der Waals surface area contributed by atoms with Crippen LogP contribution in [0.4, 0.5) is 10.2 Å². The molecule has 0 bridgehead atoms. The number of benzene rings is 3. The Hall–Kier alpha value is -4.33. The lowest BCUT2D eigenvalue weighted by atomic mass is 10.0. The Kier molecular flexibility index (Phi) is 6.23. The number of anilines is 1. The van der Waals surface area contributed by atoms with E-state index in [4.69, 9.17) is 14.2 Å². The number of pyridine rings is 1. The van der Waals surface area contributed by atoms with Crippen LogP contribution in [0.1, 0.15) is 10.4 Å². The molecule has 174 valence electrons. The summed E-state index contributed by atoms with van der Waals surface area (Å²) in [5.41, 5.74) is 1.32. The van der Waals surface area contributed by atoms with Crippen LogP contribution in [-0.4, -0.2) is 31.8 Å². The average molecular weight is 462 g/mol. The fourth-order valence-corrected chi connectivity index (χ4v) is 3.91. The van der Waals surface area contributed by atoms with Crippen molar-refractivity contribution in [2.75, 3.05) is 26.6 Å². The number of para-hydroxylation sites is 1. The number of carbonyl (C=O) groups excluding carboxylic acids is 1. The topological polar surface area (TPSA) is 78.8 Å². The fourth-order valence-electron chi connectivity index (χ4n) is 3.91. The number of ether oxygens (including phenoxy) is 3. The van der Waals surface area contributed by atoms with Gasteiger partial charge in [0.25, 0.3) is 5.91 Å². The number of halogens is 1. The highest BCUT2D eigenvalue weighted by Gasteiger charge is 2.22. The smallest absolute Gasteiger partial charge is 0.256 e. The lowest BCUT2D eigenvalue weighted by Crippen LogP contribution is -2.21. The summed E-state index contributed by atoms with van der Waals surface area (Å²) >= 11 is 0. The zero-order chi connectivity index (χ0) is 24.4. The van der Waals surface area contributed by atoms with Crippen molar-refractivity contribution >= 4 is 22.6 Å². The Labute approximate surface area is 195 Å². The third-order valence-electron chi connectivity index (χ3n) is 5.60. The molecule has 0 aliphatic carbocycles. The van der Waals surface area contributed by atoms with E-state index in [1.807, 2.05) is 6.07 Å². The van der Waals surface area contributed by atoms with E-state index in [-0.39, 0.29) is 22.4 Å². The molecule has 0 aliphatic rings. The highest BCUT2D eigenvalue weighted by Crippen LogP contribution is 2.42. The van der Waals surface area contributed by atoms with Crippen LogP contribution >= 0.6 is 0 Å². The number of fused-ring (bicyclic) bond motifs is 1.